The zero-order chi connectivity index (χ0) is 9.84. The standard InChI is InChI=1S/C10H14ClNO/c1-7(13-2)10(12)8-3-5-9(11)6-4-8/h3-7,10H,12H2,1-2H3/t7-,10+/m0/s1. The van der Waals surface area contributed by atoms with Crippen molar-refractivity contribution < 1.29 is 4.74 Å². The highest BCUT2D eigenvalue weighted by atomic mass is 35.5. The summed E-state index contributed by atoms with van der Waals surface area (Å²) in [6.45, 7) is 1.94. The molecule has 0 amide bonds. The van der Waals surface area contributed by atoms with Crippen molar-refractivity contribution in [3.05, 3.63) is 34.9 Å². The van der Waals surface area contributed by atoms with Crippen molar-refractivity contribution in [3.63, 3.8) is 0 Å². The lowest BCUT2D eigenvalue weighted by Crippen LogP contribution is -2.24. The van der Waals surface area contributed by atoms with Gasteiger partial charge in [-0.2, -0.15) is 0 Å². The van der Waals surface area contributed by atoms with E-state index in [0.29, 0.717) is 0 Å². The molecule has 3 heteroatoms. The fourth-order valence-corrected chi connectivity index (χ4v) is 1.23. The molecule has 2 nitrogen and oxygen atoms in total. The van der Waals surface area contributed by atoms with Crippen LogP contribution in [0.1, 0.15) is 18.5 Å². The molecule has 1 rings (SSSR count). The van der Waals surface area contributed by atoms with Crippen molar-refractivity contribution in [2.24, 2.45) is 5.73 Å². The molecule has 0 saturated carbocycles. The number of hydrogen-bond donors (Lipinski definition) is 1. The molecule has 0 unspecified atom stereocenters. The number of hydrogen-bond acceptors (Lipinski definition) is 2. The van der Waals surface area contributed by atoms with Gasteiger partial charge >= 0.3 is 0 Å². The summed E-state index contributed by atoms with van der Waals surface area (Å²) >= 11 is 5.76. The Bertz CT molecular complexity index is 260. The van der Waals surface area contributed by atoms with Gasteiger partial charge in [0.25, 0.3) is 0 Å². The minimum absolute atomic E-state index is 0.0150. The molecule has 0 bridgehead atoms. The highest BCUT2D eigenvalue weighted by molar-refractivity contribution is 6.30. The Balaban J connectivity index is 2.77. The number of halogens is 1. The lowest BCUT2D eigenvalue weighted by molar-refractivity contribution is 0.0957. The van der Waals surface area contributed by atoms with Gasteiger partial charge in [-0.25, -0.2) is 0 Å². The zero-order valence-electron chi connectivity index (χ0n) is 7.83. The quantitative estimate of drug-likeness (QED) is 0.812. The van der Waals surface area contributed by atoms with Crippen molar-refractivity contribution in [2.75, 3.05) is 7.11 Å². The van der Waals surface area contributed by atoms with Gasteiger partial charge in [0.15, 0.2) is 0 Å². The third-order valence-corrected chi connectivity index (χ3v) is 2.38. The van der Waals surface area contributed by atoms with Crippen molar-refractivity contribution >= 4 is 11.6 Å². The minimum atomic E-state index is -0.0951. The van der Waals surface area contributed by atoms with E-state index in [0.717, 1.165) is 10.6 Å². The normalized spacial score (nSPS) is 15.4. The van der Waals surface area contributed by atoms with Crippen molar-refractivity contribution in [1.82, 2.24) is 0 Å². The predicted molar refractivity (Wildman–Crippen MR) is 54.9 cm³/mol. The summed E-state index contributed by atoms with van der Waals surface area (Å²) in [5.41, 5.74) is 6.97. The number of ether oxygens (including phenoxy) is 1. The molecule has 0 heterocycles. The monoisotopic (exact) mass is 199 g/mol. The van der Waals surface area contributed by atoms with E-state index in [4.69, 9.17) is 22.1 Å². The van der Waals surface area contributed by atoms with Crippen LogP contribution in [0.15, 0.2) is 24.3 Å². The van der Waals surface area contributed by atoms with Gasteiger partial charge in [-0.1, -0.05) is 23.7 Å². The Morgan fingerprint density at radius 1 is 1.31 bits per heavy atom. The second-order valence-corrected chi connectivity index (χ2v) is 3.45. The number of rotatable bonds is 3. The van der Waals surface area contributed by atoms with Crippen LogP contribution in [0.2, 0.25) is 5.02 Å². The lowest BCUT2D eigenvalue weighted by atomic mass is 10.0. The first kappa shape index (κ1) is 10.5. The fourth-order valence-electron chi connectivity index (χ4n) is 1.10. The molecule has 0 aliphatic heterocycles. The lowest BCUT2D eigenvalue weighted by Gasteiger charge is -2.18. The van der Waals surface area contributed by atoms with Gasteiger partial charge in [-0.05, 0) is 24.6 Å². The molecule has 1 aromatic rings. The first-order chi connectivity index (χ1) is 6.15. The van der Waals surface area contributed by atoms with Crippen LogP contribution in [0.25, 0.3) is 0 Å². The third-order valence-electron chi connectivity index (χ3n) is 2.13. The molecule has 0 spiro atoms. The maximum Gasteiger partial charge on any atom is 0.0735 e. The average Bonchev–Trinajstić information content (AvgIpc) is 2.17. The zero-order valence-corrected chi connectivity index (χ0v) is 8.58. The molecule has 0 aromatic heterocycles. The van der Waals surface area contributed by atoms with E-state index < -0.39 is 0 Å². The van der Waals surface area contributed by atoms with Crippen LogP contribution in [0.3, 0.4) is 0 Å². The second-order valence-electron chi connectivity index (χ2n) is 3.02. The average molecular weight is 200 g/mol. The van der Waals surface area contributed by atoms with Gasteiger partial charge in [-0.15, -0.1) is 0 Å². The third kappa shape index (κ3) is 2.69. The summed E-state index contributed by atoms with van der Waals surface area (Å²) in [6.07, 6.45) is 0.0150. The van der Waals surface area contributed by atoms with E-state index in [1.54, 1.807) is 7.11 Å². The van der Waals surface area contributed by atoms with Gasteiger partial charge in [-0.3, -0.25) is 0 Å². The van der Waals surface area contributed by atoms with E-state index in [2.05, 4.69) is 0 Å². The first-order valence-corrected chi connectivity index (χ1v) is 4.56. The Hall–Kier alpha value is -0.570. The Kier molecular flexibility index (Phi) is 3.72. The van der Waals surface area contributed by atoms with E-state index in [9.17, 15) is 0 Å². The molecule has 0 fully saturated rings. The summed E-state index contributed by atoms with van der Waals surface area (Å²) in [4.78, 5) is 0. The molecular weight excluding hydrogens is 186 g/mol. The number of methoxy groups -OCH3 is 1. The maximum atomic E-state index is 5.93. The summed E-state index contributed by atoms with van der Waals surface area (Å²) in [5.74, 6) is 0. The second kappa shape index (κ2) is 4.61. The minimum Gasteiger partial charge on any atom is -0.380 e. The topological polar surface area (TPSA) is 35.2 Å². The van der Waals surface area contributed by atoms with E-state index in [1.165, 1.54) is 0 Å². The molecule has 0 saturated heterocycles. The summed E-state index contributed by atoms with van der Waals surface area (Å²) in [7, 11) is 1.65. The smallest absolute Gasteiger partial charge is 0.0735 e. The number of nitrogens with two attached hydrogens (primary N) is 1. The van der Waals surface area contributed by atoms with Gasteiger partial charge in [0.1, 0.15) is 0 Å². The van der Waals surface area contributed by atoms with Crippen LogP contribution in [-0.2, 0) is 4.74 Å². The van der Waals surface area contributed by atoms with Gasteiger partial charge in [0, 0.05) is 12.1 Å². The highest BCUT2D eigenvalue weighted by Gasteiger charge is 2.13. The highest BCUT2D eigenvalue weighted by Crippen LogP contribution is 2.18. The predicted octanol–water partition coefficient (Wildman–Crippen LogP) is 2.37. The van der Waals surface area contributed by atoms with Crippen LogP contribution in [-0.4, -0.2) is 13.2 Å². The molecule has 0 aliphatic carbocycles. The first-order valence-electron chi connectivity index (χ1n) is 4.19. The van der Waals surface area contributed by atoms with Crippen LogP contribution in [0.5, 0.6) is 0 Å². The van der Waals surface area contributed by atoms with Gasteiger partial charge < -0.3 is 10.5 Å². The van der Waals surface area contributed by atoms with Crippen LogP contribution >= 0.6 is 11.6 Å². The molecular formula is C10H14ClNO. The van der Waals surface area contributed by atoms with Crippen LogP contribution in [0, 0.1) is 0 Å². The SMILES string of the molecule is CO[C@@H](C)[C@@H](N)c1ccc(Cl)cc1. The largest absolute Gasteiger partial charge is 0.380 e. The van der Waals surface area contributed by atoms with E-state index in [-0.39, 0.29) is 12.1 Å². The van der Waals surface area contributed by atoms with E-state index >= 15 is 0 Å². The van der Waals surface area contributed by atoms with Crippen LogP contribution in [0.4, 0.5) is 0 Å². The Morgan fingerprint density at radius 3 is 2.31 bits per heavy atom. The fraction of sp³-hybridized carbons (Fsp3) is 0.400. The molecule has 1 aromatic carbocycles. The van der Waals surface area contributed by atoms with Crippen LogP contribution < -0.4 is 5.73 Å². The van der Waals surface area contributed by atoms with Gasteiger partial charge in [0.2, 0.25) is 0 Å². The van der Waals surface area contributed by atoms with Crippen molar-refractivity contribution in [2.45, 2.75) is 19.1 Å². The van der Waals surface area contributed by atoms with Crippen molar-refractivity contribution in [1.29, 1.82) is 0 Å². The van der Waals surface area contributed by atoms with Crippen molar-refractivity contribution in [3.8, 4) is 0 Å². The molecule has 2 N–H and O–H groups in total. The molecule has 13 heavy (non-hydrogen) atoms. The van der Waals surface area contributed by atoms with E-state index in [1.807, 2.05) is 31.2 Å². The Labute approximate surface area is 83.6 Å². The molecule has 0 radical (unpaired) electrons. The summed E-state index contributed by atoms with van der Waals surface area (Å²) in [5, 5.41) is 0.723. The maximum absolute atomic E-state index is 5.93. The number of benzene rings is 1. The summed E-state index contributed by atoms with van der Waals surface area (Å²) < 4.78 is 5.14. The summed E-state index contributed by atoms with van der Waals surface area (Å²) in [6, 6.07) is 7.41. The molecule has 2 atom stereocenters. The molecule has 72 valence electrons. The Morgan fingerprint density at radius 2 is 1.85 bits per heavy atom. The van der Waals surface area contributed by atoms with Gasteiger partial charge in [0.05, 0.1) is 12.1 Å². The molecule has 0 aliphatic rings.